The van der Waals surface area contributed by atoms with E-state index in [9.17, 15) is 4.79 Å². The lowest BCUT2D eigenvalue weighted by Gasteiger charge is -2.10. The molecule has 0 aliphatic rings. The number of carbonyl (C=O) groups is 1. The van der Waals surface area contributed by atoms with Gasteiger partial charge in [0.2, 0.25) is 5.91 Å². The molecule has 0 radical (unpaired) electrons. The van der Waals surface area contributed by atoms with Gasteiger partial charge in [-0.2, -0.15) is 0 Å². The van der Waals surface area contributed by atoms with Crippen molar-refractivity contribution in [2.24, 2.45) is 0 Å². The normalized spacial score (nSPS) is 10.3. The third-order valence-electron chi connectivity index (χ3n) is 4.72. The lowest BCUT2D eigenvalue weighted by atomic mass is 10.1. The molecule has 0 aliphatic heterocycles. The first kappa shape index (κ1) is 21.2. The standard InChI is InChI=1S/C25H27NO4/c1-28-23-13-10-21(16-24(23)29-2)17-25(27)26-15-14-19-8-11-22(12-9-19)30-18-20-6-4-3-5-7-20/h3-13,16H,14-15,17-18H2,1-2H3,(H,26,27). The first-order chi connectivity index (χ1) is 14.7. The summed E-state index contributed by atoms with van der Waals surface area (Å²) in [5, 5.41) is 2.96. The van der Waals surface area contributed by atoms with Crippen LogP contribution in [0.5, 0.6) is 17.2 Å². The van der Waals surface area contributed by atoms with Gasteiger partial charge < -0.3 is 19.5 Å². The predicted molar refractivity (Wildman–Crippen MR) is 117 cm³/mol. The van der Waals surface area contributed by atoms with Gasteiger partial charge in [-0.1, -0.05) is 48.5 Å². The fourth-order valence-corrected chi connectivity index (χ4v) is 3.08. The van der Waals surface area contributed by atoms with E-state index < -0.39 is 0 Å². The van der Waals surface area contributed by atoms with Crippen LogP contribution in [0.2, 0.25) is 0 Å². The minimum Gasteiger partial charge on any atom is -0.493 e. The van der Waals surface area contributed by atoms with Gasteiger partial charge in [0.05, 0.1) is 20.6 Å². The fraction of sp³-hybridized carbons (Fsp3) is 0.240. The molecule has 0 aliphatic carbocycles. The minimum atomic E-state index is -0.0231. The minimum absolute atomic E-state index is 0.0231. The Morgan fingerprint density at radius 3 is 2.20 bits per heavy atom. The summed E-state index contributed by atoms with van der Waals surface area (Å²) < 4.78 is 16.3. The molecule has 0 fully saturated rings. The van der Waals surface area contributed by atoms with E-state index >= 15 is 0 Å². The highest BCUT2D eigenvalue weighted by Gasteiger charge is 2.08. The van der Waals surface area contributed by atoms with Crippen molar-refractivity contribution < 1.29 is 19.0 Å². The van der Waals surface area contributed by atoms with Crippen LogP contribution in [0.1, 0.15) is 16.7 Å². The van der Waals surface area contributed by atoms with Crippen molar-refractivity contribution >= 4 is 5.91 Å². The van der Waals surface area contributed by atoms with E-state index in [1.165, 1.54) is 0 Å². The summed E-state index contributed by atoms with van der Waals surface area (Å²) in [7, 11) is 3.17. The topological polar surface area (TPSA) is 56.8 Å². The molecule has 5 heteroatoms. The molecule has 1 amide bonds. The van der Waals surface area contributed by atoms with E-state index in [2.05, 4.69) is 5.32 Å². The summed E-state index contributed by atoms with van der Waals surface area (Å²) >= 11 is 0. The maximum absolute atomic E-state index is 12.2. The maximum atomic E-state index is 12.2. The van der Waals surface area contributed by atoms with Crippen molar-refractivity contribution in [1.82, 2.24) is 5.32 Å². The average Bonchev–Trinajstić information content (AvgIpc) is 2.79. The molecule has 0 spiro atoms. The zero-order valence-electron chi connectivity index (χ0n) is 17.4. The summed E-state index contributed by atoms with van der Waals surface area (Å²) in [4.78, 5) is 12.2. The number of amides is 1. The maximum Gasteiger partial charge on any atom is 0.224 e. The van der Waals surface area contributed by atoms with Gasteiger partial charge in [0.15, 0.2) is 11.5 Å². The molecular formula is C25H27NO4. The number of carbonyl (C=O) groups excluding carboxylic acids is 1. The molecular weight excluding hydrogens is 378 g/mol. The second-order valence-corrected chi connectivity index (χ2v) is 6.88. The van der Waals surface area contributed by atoms with E-state index in [0.29, 0.717) is 31.1 Å². The number of nitrogens with one attached hydrogen (secondary N) is 1. The highest BCUT2D eigenvalue weighted by molar-refractivity contribution is 5.78. The lowest BCUT2D eigenvalue weighted by molar-refractivity contribution is -0.120. The SMILES string of the molecule is COc1ccc(CC(=O)NCCc2ccc(OCc3ccccc3)cc2)cc1OC. The fourth-order valence-electron chi connectivity index (χ4n) is 3.08. The molecule has 0 unspecified atom stereocenters. The first-order valence-corrected chi connectivity index (χ1v) is 9.91. The molecule has 30 heavy (non-hydrogen) atoms. The molecule has 156 valence electrons. The second-order valence-electron chi connectivity index (χ2n) is 6.88. The number of methoxy groups -OCH3 is 2. The van der Waals surface area contributed by atoms with Gasteiger partial charge >= 0.3 is 0 Å². The highest BCUT2D eigenvalue weighted by Crippen LogP contribution is 2.27. The molecule has 3 aromatic rings. The quantitative estimate of drug-likeness (QED) is 0.550. The van der Waals surface area contributed by atoms with Crippen molar-refractivity contribution in [2.45, 2.75) is 19.4 Å². The van der Waals surface area contributed by atoms with Gasteiger partial charge in [0.25, 0.3) is 0 Å². The Morgan fingerprint density at radius 2 is 1.50 bits per heavy atom. The zero-order valence-corrected chi connectivity index (χ0v) is 17.4. The second kappa shape index (κ2) is 10.9. The van der Waals surface area contributed by atoms with Crippen LogP contribution in [0.15, 0.2) is 72.8 Å². The molecule has 3 aromatic carbocycles. The van der Waals surface area contributed by atoms with Crippen LogP contribution in [-0.4, -0.2) is 26.7 Å². The molecule has 0 saturated carbocycles. The summed E-state index contributed by atoms with van der Waals surface area (Å²) in [5.74, 6) is 2.08. The third kappa shape index (κ3) is 6.27. The van der Waals surface area contributed by atoms with Crippen LogP contribution in [-0.2, 0) is 24.2 Å². The monoisotopic (exact) mass is 405 g/mol. The molecule has 0 atom stereocenters. The summed E-state index contributed by atoms with van der Waals surface area (Å²) in [6.07, 6.45) is 1.06. The molecule has 0 heterocycles. The van der Waals surface area contributed by atoms with E-state index in [1.807, 2.05) is 72.8 Å². The molecule has 5 nitrogen and oxygen atoms in total. The molecule has 3 rings (SSSR count). The number of benzene rings is 3. The predicted octanol–water partition coefficient (Wildman–Crippen LogP) is 4.18. The van der Waals surface area contributed by atoms with E-state index in [-0.39, 0.29) is 5.91 Å². The summed E-state index contributed by atoms with van der Waals surface area (Å²) in [6, 6.07) is 23.6. The average molecular weight is 405 g/mol. The van der Waals surface area contributed by atoms with Crippen molar-refractivity contribution in [1.29, 1.82) is 0 Å². The Labute approximate surface area is 177 Å². The van der Waals surface area contributed by atoms with Gasteiger partial charge in [-0.3, -0.25) is 4.79 Å². The van der Waals surface area contributed by atoms with Crippen LogP contribution in [0, 0.1) is 0 Å². The summed E-state index contributed by atoms with van der Waals surface area (Å²) in [5.41, 5.74) is 3.16. The van der Waals surface area contributed by atoms with Crippen LogP contribution < -0.4 is 19.5 Å². The van der Waals surface area contributed by atoms with Crippen molar-refractivity contribution in [3.8, 4) is 17.2 Å². The number of hydrogen-bond acceptors (Lipinski definition) is 4. The van der Waals surface area contributed by atoms with Crippen LogP contribution in [0.25, 0.3) is 0 Å². The lowest BCUT2D eigenvalue weighted by Crippen LogP contribution is -2.27. The molecule has 0 saturated heterocycles. The number of rotatable bonds is 10. The molecule has 1 N–H and O–H groups in total. The Hall–Kier alpha value is -3.47. The van der Waals surface area contributed by atoms with E-state index in [0.717, 1.165) is 28.9 Å². The van der Waals surface area contributed by atoms with Crippen LogP contribution in [0.4, 0.5) is 0 Å². The number of ether oxygens (including phenoxy) is 3. The number of hydrogen-bond donors (Lipinski definition) is 1. The third-order valence-corrected chi connectivity index (χ3v) is 4.72. The Kier molecular flexibility index (Phi) is 7.72. The molecule has 0 aromatic heterocycles. The van der Waals surface area contributed by atoms with Crippen molar-refractivity contribution in [3.63, 3.8) is 0 Å². The zero-order chi connectivity index (χ0) is 21.2. The van der Waals surface area contributed by atoms with Gasteiger partial charge in [-0.15, -0.1) is 0 Å². The van der Waals surface area contributed by atoms with Crippen LogP contribution >= 0.6 is 0 Å². The Morgan fingerprint density at radius 1 is 0.800 bits per heavy atom. The smallest absolute Gasteiger partial charge is 0.224 e. The van der Waals surface area contributed by atoms with Gasteiger partial charge in [0.1, 0.15) is 12.4 Å². The summed E-state index contributed by atoms with van der Waals surface area (Å²) in [6.45, 7) is 1.13. The van der Waals surface area contributed by atoms with E-state index in [4.69, 9.17) is 14.2 Å². The van der Waals surface area contributed by atoms with Gasteiger partial charge in [0, 0.05) is 6.54 Å². The van der Waals surface area contributed by atoms with Crippen molar-refractivity contribution in [3.05, 3.63) is 89.5 Å². The van der Waals surface area contributed by atoms with E-state index in [1.54, 1.807) is 14.2 Å². The largest absolute Gasteiger partial charge is 0.493 e. The van der Waals surface area contributed by atoms with Crippen LogP contribution in [0.3, 0.4) is 0 Å². The molecule has 0 bridgehead atoms. The highest BCUT2D eigenvalue weighted by atomic mass is 16.5. The Balaban J connectivity index is 1.42. The van der Waals surface area contributed by atoms with Gasteiger partial charge in [-0.05, 0) is 47.4 Å². The van der Waals surface area contributed by atoms with Gasteiger partial charge in [-0.25, -0.2) is 0 Å². The van der Waals surface area contributed by atoms with Crippen molar-refractivity contribution in [2.75, 3.05) is 20.8 Å². The Bertz CT molecular complexity index is 939. The first-order valence-electron chi connectivity index (χ1n) is 9.91.